The molecule has 1 unspecified atom stereocenters. The highest BCUT2D eigenvalue weighted by atomic mass is 16.3. The van der Waals surface area contributed by atoms with Gasteiger partial charge in [-0.2, -0.15) is 0 Å². The summed E-state index contributed by atoms with van der Waals surface area (Å²) >= 11 is 0. The third kappa shape index (κ3) is 2.19. The van der Waals surface area contributed by atoms with Crippen molar-refractivity contribution in [3.05, 3.63) is 11.6 Å². The van der Waals surface area contributed by atoms with E-state index >= 15 is 0 Å². The molecule has 3 fully saturated rings. The zero-order valence-corrected chi connectivity index (χ0v) is 15.5. The fourth-order valence-corrected chi connectivity index (χ4v) is 7.20. The Kier molecular flexibility index (Phi) is 3.83. The van der Waals surface area contributed by atoms with Crippen molar-refractivity contribution in [2.45, 2.75) is 71.5 Å². The molecule has 0 aliphatic heterocycles. The molecule has 4 aliphatic carbocycles. The van der Waals surface area contributed by atoms with E-state index in [1.165, 1.54) is 5.57 Å². The number of hydrogen-bond acceptors (Lipinski definition) is 4. The molecule has 4 rings (SSSR count). The van der Waals surface area contributed by atoms with E-state index in [0.29, 0.717) is 25.2 Å². The molecule has 4 heteroatoms. The number of fused-ring (bicyclic) bond motifs is 5. The van der Waals surface area contributed by atoms with Gasteiger partial charge in [-0.3, -0.25) is 9.59 Å². The Morgan fingerprint density at radius 1 is 1.20 bits per heavy atom. The molecule has 0 aromatic carbocycles. The summed E-state index contributed by atoms with van der Waals surface area (Å²) in [5.74, 6) is 0.654. The summed E-state index contributed by atoms with van der Waals surface area (Å²) in [5.41, 5.74) is 0.679. The summed E-state index contributed by atoms with van der Waals surface area (Å²) in [6, 6.07) is 0. The number of carbonyl (C=O) groups is 2. The highest BCUT2D eigenvalue weighted by Gasteiger charge is 2.65. The third-order valence-electron chi connectivity index (χ3n) is 8.55. The van der Waals surface area contributed by atoms with Gasteiger partial charge in [-0.25, -0.2) is 0 Å². The molecule has 2 N–H and O–H groups in total. The second-order valence-corrected chi connectivity index (χ2v) is 9.47. The Morgan fingerprint density at radius 2 is 1.92 bits per heavy atom. The van der Waals surface area contributed by atoms with Gasteiger partial charge in [0.15, 0.2) is 5.78 Å². The van der Waals surface area contributed by atoms with Crippen LogP contribution < -0.4 is 0 Å². The number of hydrogen-bond donors (Lipinski definition) is 2. The smallest absolute Gasteiger partial charge is 0.155 e. The molecule has 8 atom stereocenters. The van der Waals surface area contributed by atoms with Crippen LogP contribution in [0.15, 0.2) is 11.6 Å². The number of ketones is 2. The molecule has 138 valence electrons. The molecular formula is C21H30O4. The SMILES string of the molecule is CC(=O)[C@H]1C[C@H](O)C2[C@@H]3CCC4=CC(=O)CC[C@]4(C)[C@H]3C[C@H](O)[C@@]21C. The standard InChI is InChI=1S/C21H30O4/c1-11(22)15-9-17(24)19-14-5-4-12-8-13(23)6-7-20(12,2)16(14)10-18(25)21(15,19)3/h8,14-19,24-25H,4-7,9-10H2,1-3H3/t14-,15-,16+,17+,18+,19?,20+,21+/m1/s1. The largest absolute Gasteiger partial charge is 0.393 e. The molecule has 0 aromatic rings. The molecule has 0 amide bonds. The molecule has 3 saturated carbocycles. The molecule has 0 saturated heterocycles. The van der Waals surface area contributed by atoms with Crippen LogP contribution in [0, 0.1) is 34.5 Å². The first kappa shape index (κ1) is 17.4. The predicted molar refractivity (Wildman–Crippen MR) is 93.7 cm³/mol. The van der Waals surface area contributed by atoms with Crippen molar-refractivity contribution in [1.29, 1.82) is 0 Å². The second kappa shape index (κ2) is 5.50. The van der Waals surface area contributed by atoms with E-state index in [-0.39, 0.29) is 34.7 Å². The number of allylic oxidation sites excluding steroid dienone is 1. The summed E-state index contributed by atoms with van der Waals surface area (Å²) in [7, 11) is 0. The molecule has 0 spiro atoms. The van der Waals surface area contributed by atoms with E-state index in [2.05, 4.69) is 6.92 Å². The minimum absolute atomic E-state index is 0.0221. The summed E-state index contributed by atoms with van der Waals surface area (Å²) in [6.07, 6.45) is 5.21. The highest BCUT2D eigenvalue weighted by Crippen LogP contribution is 2.66. The number of aliphatic hydroxyl groups is 2. The Labute approximate surface area is 149 Å². The number of aliphatic hydroxyl groups excluding tert-OH is 2. The van der Waals surface area contributed by atoms with Gasteiger partial charge in [0.1, 0.15) is 5.78 Å². The molecule has 0 heterocycles. The molecule has 0 aromatic heterocycles. The monoisotopic (exact) mass is 346 g/mol. The maximum atomic E-state index is 12.2. The zero-order chi connectivity index (χ0) is 18.1. The lowest BCUT2D eigenvalue weighted by molar-refractivity contribution is -0.157. The van der Waals surface area contributed by atoms with Gasteiger partial charge in [-0.1, -0.05) is 19.4 Å². The van der Waals surface area contributed by atoms with Gasteiger partial charge < -0.3 is 10.2 Å². The van der Waals surface area contributed by atoms with Crippen LogP contribution in [0.2, 0.25) is 0 Å². The number of carbonyl (C=O) groups excluding carboxylic acids is 2. The van der Waals surface area contributed by atoms with Gasteiger partial charge >= 0.3 is 0 Å². The van der Waals surface area contributed by atoms with Crippen molar-refractivity contribution >= 4 is 11.6 Å². The third-order valence-corrected chi connectivity index (χ3v) is 8.55. The average Bonchev–Trinajstić information content (AvgIpc) is 2.82. The van der Waals surface area contributed by atoms with Gasteiger partial charge in [0.25, 0.3) is 0 Å². The van der Waals surface area contributed by atoms with Gasteiger partial charge in [-0.15, -0.1) is 0 Å². The lowest BCUT2D eigenvalue weighted by Gasteiger charge is -2.59. The maximum absolute atomic E-state index is 12.2. The lowest BCUT2D eigenvalue weighted by Crippen LogP contribution is -2.58. The Balaban J connectivity index is 1.75. The van der Waals surface area contributed by atoms with Crippen LogP contribution in [0.1, 0.15) is 59.3 Å². The minimum atomic E-state index is -0.571. The van der Waals surface area contributed by atoms with E-state index in [0.717, 1.165) is 19.3 Å². The van der Waals surface area contributed by atoms with Crippen molar-refractivity contribution < 1.29 is 19.8 Å². The van der Waals surface area contributed by atoms with Gasteiger partial charge in [0.2, 0.25) is 0 Å². The Bertz CT molecular complexity index is 652. The topological polar surface area (TPSA) is 74.6 Å². The molecule has 0 bridgehead atoms. The van der Waals surface area contributed by atoms with Crippen molar-refractivity contribution in [2.75, 3.05) is 0 Å². The summed E-state index contributed by atoms with van der Waals surface area (Å²) in [4.78, 5) is 24.1. The Morgan fingerprint density at radius 3 is 2.60 bits per heavy atom. The van der Waals surface area contributed by atoms with Crippen LogP contribution in [0.3, 0.4) is 0 Å². The molecular weight excluding hydrogens is 316 g/mol. The quantitative estimate of drug-likeness (QED) is 0.765. The van der Waals surface area contributed by atoms with Crippen LogP contribution in [-0.4, -0.2) is 34.0 Å². The number of Topliss-reactive ketones (excluding diaryl/α,β-unsaturated/α-hetero) is 1. The fourth-order valence-electron chi connectivity index (χ4n) is 7.20. The molecule has 4 aliphatic rings. The lowest BCUT2D eigenvalue weighted by atomic mass is 9.45. The van der Waals surface area contributed by atoms with E-state index < -0.39 is 17.6 Å². The summed E-state index contributed by atoms with van der Waals surface area (Å²) < 4.78 is 0. The Hall–Kier alpha value is -1.00. The van der Waals surface area contributed by atoms with Gasteiger partial charge in [-0.05, 0) is 68.3 Å². The van der Waals surface area contributed by atoms with E-state index in [9.17, 15) is 19.8 Å². The van der Waals surface area contributed by atoms with E-state index in [4.69, 9.17) is 0 Å². The van der Waals surface area contributed by atoms with Crippen molar-refractivity contribution in [3.63, 3.8) is 0 Å². The van der Waals surface area contributed by atoms with Crippen molar-refractivity contribution in [3.8, 4) is 0 Å². The first-order valence-corrected chi connectivity index (χ1v) is 9.80. The average molecular weight is 346 g/mol. The van der Waals surface area contributed by atoms with E-state index in [1.807, 2.05) is 13.0 Å². The van der Waals surface area contributed by atoms with Crippen LogP contribution >= 0.6 is 0 Å². The van der Waals surface area contributed by atoms with Gasteiger partial charge in [0, 0.05) is 17.8 Å². The second-order valence-electron chi connectivity index (χ2n) is 9.47. The molecule has 0 radical (unpaired) electrons. The van der Waals surface area contributed by atoms with Crippen LogP contribution in [0.4, 0.5) is 0 Å². The minimum Gasteiger partial charge on any atom is -0.393 e. The normalized spacial score (nSPS) is 52.0. The highest BCUT2D eigenvalue weighted by molar-refractivity contribution is 5.91. The maximum Gasteiger partial charge on any atom is 0.155 e. The van der Waals surface area contributed by atoms with Crippen LogP contribution in [0.25, 0.3) is 0 Å². The predicted octanol–water partition coefficient (Wildman–Crippen LogP) is 2.67. The molecule has 25 heavy (non-hydrogen) atoms. The molecule has 4 nitrogen and oxygen atoms in total. The van der Waals surface area contributed by atoms with Gasteiger partial charge in [0.05, 0.1) is 12.2 Å². The summed E-state index contributed by atoms with van der Waals surface area (Å²) in [6.45, 7) is 5.87. The summed E-state index contributed by atoms with van der Waals surface area (Å²) in [5, 5.41) is 22.0. The fraction of sp³-hybridized carbons (Fsp3) is 0.810. The van der Waals surface area contributed by atoms with Crippen molar-refractivity contribution in [2.24, 2.45) is 34.5 Å². The van der Waals surface area contributed by atoms with Crippen molar-refractivity contribution in [1.82, 2.24) is 0 Å². The van der Waals surface area contributed by atoms with Crippen LogP contribution in [-0.2, 0) is 9.59 Å². The first-order chi connectivity index (χ1) is 11.7. The van der Waals surface area contributed by atoms with Crippen LogP contribution in [0.5, 0.6) is 0 Å². The number of rotatable bonds is 1. The zero-order valence-electron chi connectivity index (χ0n) is 15.5. The van der Waals surface area contributed by atoms with E-state index in [1.54, 1.807) is 6.92 Å². The first-order valence-electron chi connectivity index (χ1n) is 9.80.